The maximum atomic E-state index is 13.1. The van der Waals surface area contributed by atoms with Crippen molar-refractivity contribution in [3.63, 3.8) is 0 Å². The van der Waals surface area contributed by atoms with Crippen LogP contribution in [0.5, 0.6) is 0 Å². The first kappa shape index (κ1) is 23.8. The molecule has 0 atom stereocenters. The van der Waals surface area contributed by atoms with Crippen LogP contribution in [0.3, 0.4) is 0 Å². The first-order chi connectivity index (χ1) is 16.3. The number of hydrogen-bond acceptors (Lipinski definition) is 6. The summed E-state index contributed by atoms with van der Waals surface area (Å²) in [6.07, 6.45) is 0.862. The van der Waals surface area contributed by atoms with E-state index in [1.165, 1.54) is 11.8 Å². The summed E-state index contributed by atoms with van der Waals surface area (Å²) >= 11 is 1.32. The van der Waals surface area contributed by atoms with Crippen molar-refractivity contribution in [3.8, 4) is 0 Å². The average Bonchev–Trinajstić information content (AvgIpc) is 3.25. The molecule has 1 N–H and O–H groups in total. The number of fused-ring (bicyclic) bond motifs is 3. The van der Waals surface area contributed by atoms with E-state index in [0.717, 1.165) is 23.2 Å². The third kappa shape index (κ3) is 5.09. The molecule has 2 heterocycles. The highest BCUT2D eigenvalue weighted by atomic mass is 32.2. The molecule has 0 bridgehead atoms. The van der Waals surface area contributed by atoms with Gasteiger partial charge in [0.25, 0.3) is 5.56 Å². The second-order valence-electron chi connectivity index (χ2n) is 8.90. The van der Waals surface area contributed by atoms with Crippen molar-refractivity contribution in [3.05, 3.63) is 64.4 Å². The highest BCUT2D eigenvalue weighted by Gasteiger charge is 2.17. The lowest BCUT2D eigenvalue weighted by Crippen LogP contribution is -2.25. The van der Waals surface area contributed by atoms with Crippen molar-refractivity contribution < 1.29 is 4.79 Å². The molecule has 0 radical (unpaired) electrons. The molecule has 0 aliphatic carbocycles. The highest BCUT2D eigenvalue weighted by molar-refractivity contribution is 7.99. The van der Waals surface area contributed by atoms with E-state index in [2.05, 4.69) is 29.4 Å². The van der Waals surface area contributed by atoms with Gasteiger partial charge < -0.3 is 10.2 Å². The van der Waals surface area contributed by atoms with Crippen molar-refractivity contribution in [2.24, 2.45) is 5.92 Å². The normalized spacial score (nSPS) is 11.4. The van der Waals surface area contributed by atoms with Crippen LogP contribution in [0.15, 0.2) is 58.5 Å². The molecule has 0 aliphatic rings. The Hall–Kier alpha value is -3.33. The van der Waals surface area contributed by atoms with Crippen molar-refractivity contribution >= 4 is 40.0 Å². The predicted octanol–water partition coefficient (Wildman–Crippen LogP) is 3.56. The zero-order valence-corrected chi connectivity index (χ0v) is 20.8. The summed E-state index contributed by atoms with van der Waals surface area (Å²) in [7, 11) is 3.99. The molecule has 2 aromatic carbocycles. The van der Waals surface area contributed by atoms with Gasteiger partial charge >= 0.3 is 0 Å². The molecule has 34 heavy (non-hydrogen) atoms. The minimum absolute atomic E-state index is 0.0641. The van der Waals surface area contributed by atoms with Gasteiger partial charge in [-0.3, -0.25) is 18.6 Å². The molecule has 0 aliphatic heterocycles. The fourth-order valence-electron chi connectivity index (χ4n) is 3.71. The third-order valence-electron chi connectivity index (χ3n) is 5.68. The van der Waals surface area contributed by atoms with Crippen LogP contribution in [0.4, 0.5) is 5.69 Å². The molecule has 4 rings (SSSR count). The third-order valence-corrected chi connectivity index (χ3v) is 6.61. The number of nitrogens with zero attached hydrogens (tertiary/aromatic N) is 5. The molecular weight excluding hydrogens is 448 g/mol. The van der Waals surface area contributed by atoms with Crippen LogP contribution in [0.2, 0.25) is 0 Å². The monoisotopic (exact) mass is 478 g/mol. The van der Waals surface area contributed by atoms with Crippen LogP contribution in [0.1, 0.15) is 25.8 Å². The van der Waals surface area contributed by atoms with E-state index in [-0.39, 0.29) is 17.2 Å². The van der Waals surface area contributed by atoms with Crippen molar-refractivity contribution in [1.82, 2.24) is 24.5 Å². The van der Waals surface area contributed by atoms with Crippen LogP contribution in [0, 0.1) is 5.92 Å². The summed E-state index contributed by atoms with van der Waals surface area (Å²) in [6.45, 7) is 5.29. The summed E-state index contributed by atoms with van der Waals surface area (Å²) in [5.74, 6) is 1.08. The average molecular weight is 479 g/mol. The topological polar surface area (TPSA) is 84.5 Å². The number of amides is 1. The summed E-state index contributed by atoms with van der Waals surface area (Å²) in [4.78, 5) is 27.7. The zero-order valence-electron chi connectivity index (χ0n) is 20.0. The van der Waals surface area contributed by atoms with Crippen molar-refractivity contribution in [2.75, 3.05) is 24.7 Å². The van der Waals surface area contributed by atoms with E-state index in [4.69, 9.17) is 0 Å². The molecule has 0 fully saturated rings. The fourth-order valence-corrected chi connectivity index (χ4v) is 4.48. The predicted molar refractivity (Wildman–Crippen MR) is 138 cm³/mol. The summed E-state index contributed by atoms with van der Waals surface area (Å²) < 4.78 is 3.58. The highest BCUT2D eigenvalue weighted by Crippen LogP contribution is 2.22. The van der Waals surface area contributed by atoms with Crippen LogP contribution >= 0.6 is 11.8 Å². The van der Waals surface area contributed by atoms with Gasteiger partial charge in [0.1, 0.15) is 0 Å². The molecule has 0 saturated carbocycles. The number of aryl methyl sites for hydroxylation is 1. The number of carbonyl (C=O) groups excluding carboxylic acids is 1. The van der Waals surface area contributed by atoms with Gasteiger partial charge in [-0.1, -0.05) is 49.9 Å². The molecule has 0 unspecified atom stereocenters. The number of anilines is 1. The Morgan fingerprint density at radius 1 is 1.09 bits per heavy atom. The molecule has 0 saturated heterocycles. The SMILES string of the molecule is CC(C)CCn1c(=O)c2ccccc2n2c(SCC(=O)NCc3ccc(N(C)C)cc3)nnc12. The maximum Gasteiger partial charge on any atom is 0.262 e. The Balaban J connectivity index is 1.52. The standard InChI is InChI=1S/C25H30N6O2S/c1-17(2)13-14-30-23(33)20-7-5-6-8-21(20)31-24(30)27-28-25(31)34-16-22(32)26-15-18-9-11-19(12-10-18)29(3)4/h5-12,17H,13-16H2,1-4H3,(H,26,32). The van der Waals surface area contributed by atoms with Crippen molar-refractivity contribution in [2.45, 2.75) is 38.5 Å². The number of aromatic nitrogens is 4. The van der Waals surface area contributed by atoms with Gasteiger partial charge in [0, 0.05) is 32.9 Å². The van der Waals surface area contributed by atoms with E-state index < -0.39 is 0 Å². The molecule has 178 valence electrons. The maximum absolute atomic E-state index is 13.1. The van der Waals surface area contributed by atoms with Crippen LogP contribution < -0.4 is 15.8 Å². The minimum atomic E-state index is -0.0872. The second kappa shape index (κ2) is 10.3. The van der Waals surface area contributed by atoms with Gasteiger partial charge in [-0.25, -0.2) is 0 Å². The van der Waals surface area contributed by atoms with E-state index in [1.54, 1.807) is 4.57 Å². The first-order valence-corrected chi connectivity index (χ1v) is 12.4. The number of carbonyl (C=O) groups is 1. The molecule has 2 aromatic heterocycles. The Kier molecular flexibility index (Phi) is 7.21. The van der Waals surface area contributed by atoms with Crippen LogP contribution in [0.25, 0.3) is 16.7 Å². The number of nitrogens with one attached hydrogen (secondary N) is 1. The number of rotatable bonds is 9. The lowest BCUT2D eigenvalue weighted by atomic mass is 10.1. The van der Waals surface area contributed by atoms with Gasteiger partial charge in [0.15, 0.2) is 5.16 Å². The van der Waals surface area contributed by atoms with Gasteiger partial charge in [-0.05, 0) is 42.2 Å². The summed E-state index contributed by atoms with van der Waals surface area (Å²) in [5, 5.41) is 12.8. The van der Waals surface area contributed by atoms with E-state index in [0.29, 0.717) is 35.3 Å². The summed E-state index contributed by atoms with van der Waals surface area (Å²) in [5.41, 5.74) is 2.84. The lowest BCUT2D eigenvalue weighted by molar-refractivity contribution is -0.118. The Bertz CT molecular complexity index is 1360. The lowest BCUT2D eigenvalue weighted by Gasteiger charge is -2.13. The Morgan fingerprint density at radius 3 is 2.53 bits per heavy atom. The molecule has 9 heteroatoms. The number of benzene rings is 2. The van der Waals surface area contributed by atoms with Crippen LogP contribution in [-0.2, 0) is 17.9 Å². The Morgan fingerprint density at radius 2 is 1.82 bits per heavy atom. The Labute approximate surface area is 203 Å². The molecule has 8 nitrogen and oxygen atoms in total. The van der Waals surface area contributed by atoms with Gasteiger partial charge in [0.05, 0.1) is 16.7 Å². The van der Waals surface area contributed by atoms with E-state index in [9.17, 15) is 9.59 Å². The van der Waals surface area contributed by atoms with E-state index >= 15 is 0 Å². The first-order valence-electron chi connectivity index (χ1n) is 11.4. The number of para-hydroxylation sites is 1. The number of thioether (sulfide) groups is 1. The fraction of sp³-hybridized carbons (Fsp3) is 0.360. The molecular formula is C25H30N6O2S. The van der Waals surface area contributed by atoms with Gasteiger partial charge in [-0.15, -0.1) is 10.2 Å². The summed E-state index contributed by atoms with van der Waals surface area (Å²) in [6, 6.07) is 15.5. The molecule has 1 amide bonds. The smallest absolute Gasteiger partial charge is 0.262 e. The zero-order chi connectivity index (χ0) is 24.2. The number of hydrogen-bond donors (Lipinski definition) is 1. The van der Waals surface area contributed by atoms with Gasteiger partial charge in [-0.2, -0.15) is 0 Å². The quantitative estimate of drug-likeness (QED) is 0.370. The van der Waals surface area contributed by atoms with Crippen LogP contribution in [-0.4, -0.2) is 44.9 Å². The largest absolute Gasteiger partial charge is 0.378 e. The van der Waals surface area contributed by atoms with Crippen molar-refractivity contribution in [1.29, 1.82) is 0 Å². The molecule has 4 aromatic rings. The second-order valence-corrected chi connectivity index (χ2v) is 9.84. The van der Waals surface area contributed by atoms with Gasteiger partial charge in [0.2, 0.25) is 11.7 Å². The minimum Gasteiger partial charge on any atom is -0.378 e. The molecule has 0 spiro atoms. The van der Waals surface area contributed by atoms with E-state index in [1.807, 2.05) is 71.9 Å².